The van der Waals surface area contributed by atoms with Gasteiger partial charge in [0.25, 0.3) is 0 Å². The molecule has 0 amide bonds. The van der Waals surface area contributed by atoms with Crippen LogP contribution in [0.4, 0.5) is 13.2 Å². The molecule has 0 bridgehead atoms. The van der Waals surface area contributed by atoms with Crippen molar-refractivity contribution >= 4 is 32.6 Å². The molecule has 0 saturated heterocycles. The van der Waals surface area contributed by atoms with E-state index in [0.717, 1.165) is 12.3 Å². The van der Waals surface area contributed by atoms with Crippen molar-refractivity contribution in [2.75, 3.05) is 5.75 Å². The van der Waals surface area contributed by atoms with Crippen molar-refractivity contribution < 1.29 is 21.6 Å². The number of aryl methyl sites for hydroxylation is 1. The van der Waals surface area contributed by atoms with Gasteiger partial charge in [-0.2, -0.15) is 13.2 Å². The second-order valence-electron chi connectivity index (χ2n) is 5.47. The number of hydrogen-bond acceptors (Lipinski definition) is 5. The molecule has 0 aliphatic heterocycles. The van der Waals surface area contributed by atoms with Crippen molar-refractivity contribution in [3.05, 3.63) is 35.2 Å². The number of rotatable bonds is 3. The molecule has 11 heteroatoms. The van der Waals surface area contributed by atoms with E-state index in [1.165, 1.54) is 24.6 Å². The van der Waals surface area contributed by atoms with E-state index in [9.17, 15) is 21.6 Å². The van der Waals surface area contributed by atoms with Crippen LogP contribution in [0.5, 0.6) is 0 Å². The van der Waals surface area contributed by atoms with E-state index in [0.29, 0.717) is 6.20 Å². The molecule has 138 valence electrons. The predicted molar refractivity (Wildman–Crippen MR) is 89.5 cm³/mol. The zero-order chi connectivity index (χ0) is 19.3. The first-order valence-electron chi connectivity index (χ1n) is 7.33. The van der Waals surface area contributed by atoms with Crippen molar-refractivity contribution in [2.24, 2.45) is 7.05 Å². The molecular weight excluding hydrogens is 393 g/mol. The zero-order valence-electron chi connectivity index (χ0n) is 13.5. The summed E-state index contributed by atoms with van der Waals surface area (Å²) in [6, 6.07) is 2.18. The van der Waals surface area contributed by atoms with Crippen LogP contribution in [0.1, 0.15) is 12.5 Å². The maximum absolute atomic E-state index is 12.9. The molecule has 0 fully saturated rings. The second kappa shape index (κ2) is 6.20. The number of nitrogens with zero attached hydrogens (tertiary/aromatic N) is 4. The Morgan fingerprint density at radius 3 is 2.50 bits per heavy atom. The summed E-state index contributed by atoms with van der Waals surface area (Å²) in [6.07, 6.45) is -2.74. The number of sulfone groups is 1. The second-order valence-corrected chi connectivity index (χ2v) is 8.10. The lowest BCUT2D eigenvalue weighted by atomic mass is 10.2. The van der Waals surface area contributed by atoms with Crippen LogP contribution in [0.15, 0.2) is 29.4 Å². The summed E-state index contributed by atoms with van der Waals surface area (Å²) in [4.78, 5) is 11.7. The summed E-state index contributed by atoms with van der Waals surface area (Å²) >= 11 is 5.89. The van der Waals surface area contributed by atoms with Crippen molar-refractivity contribution in [2.45, 2.75) is 18.0 Å². The molecule has 3 rings (SSSR count). The van der Waals surface area contributed by atoms with E-state index in [1.54, 1.807) is 0 Å². The molecule has 0 unspecified atom stereocenters. The average Bonchev–Trinajstić information content (AvgIpc) is 2.90. The normalized spacial score (nSPS) is 12.7. The Labute approximate surface area is 151 Å². The molecule has 0 saturated carbocycles. The van der Waals surface area contributed by atoms with Gasteiger partial charge in [-0.25, -0.2) is 23.4 Å². The van der Waals surface area contributed by atoms with Gasteiger partial charge in [0.1, 0.15) is 16.5 Å². The highest BCUT2D eigenvalue weighted by molar-refractivity contribution is 7.91. The topological polar surface area (TPSA) is 77.7 Å². The number of halogens is 4. The highest BCUT2D eigenvalue weighted by Gasteiger charge is 2.32. The van der Waals surface area contributed by atoms with E-state index < -0.39 is 21.6 Å². The molecule has 0 atom stereocenters. The third-order valence-electron chi connectivity index (χ3n) is 3.83. The quantitative estimate of drug-likeness (QED) is 0.624. The summed E-state index contributed by atoms with van der Waals surface area (Å²) in [5, 5.41) is 0.0334. The van der Waals surface area contributed by atoms with Crippen LogP contribution in [0, 0.1) is 0 Å². The lowest BCUT2D eigenvalue weighted by Crippen LogP contribution is -2.08. The van der Waals surface area contributed by atoms with Gasteiger partial charge in [-0.15, -0.1) is 0 Å². The Morgan fingerprint density at radius 2 is 1.88 bits per heavy atom. The largest absolute Gasteiger partial charge is 0.417 e. The maximum atomic E-state index is 12.9. The van der Waals surface area contributed by atoms with Crippen LogP contribution < -0.4 is 0 Å². The molecule has 0 N–H and O–H groups in total. The Bertz CT molecular complexity index is 1110. The van der Waals surface area contributed by atoms with Gasteiger partial charge >= 0.3 is 6.18 Å². The SMILES string of the molecule is CCS(=O)(=O)c1cnc(Cl)cc1-c1nc2cc(C(F)(F)F)cnc2n1C. The van der Waals surface area contributed by atoms with Gasteiger partial charge < -0.3 is 4.57 Å². The third kappa shape index (κ3) is 3.14. The number of hydrogen-bond donors (Lipinski definition) is 0. The summed E-state index contributed by atoms with van der Waals surface area (Å²) in [7, 11) is -2.12. The summed E-state index contributed by atoms with van der Waals surface area (Å²) in [5.41, 5.74) is -0.615. The average molecular weight is 405 g/mol. The summed E-state index contributed by atoms with van der Waals surface area (Å²) in [6.45, 7) is 1.47. The Morgan fingerprint density at radius 1 is 1.19 bits per heavy atom. The van der Waals surface area contributed by atoms with Gasteiger partial charge in [0.15, 0.2) is 15.5 Å². The lowest BCUT2D eigenvalue weighted by Gasteiger charge is -2.09. The van der Waals surface area contributed by atoms with E-state index in [-0.39, 0.29) is 38.4 Å². The van der Waals surface area contributed by atoms with Gasteiger partial charge in [0.05, 0.1) is 16.2 Å². The van der Waals surface area contributed by atoms with E-state index in [4.69, 9.17) is 11.6 Å². The number of aromatic nitrogens is 4. The number of fused-ring (bicyclic) bond motifs is 1. The van der Waals surface area contributed by atoms with Crippen LogP contribution in [-0.2, 0) is 23.1 Å². The van der Waals surface area contributed by atoms with E-state index in [2.05, 4.69) is 15.0 Å². The molecule has 0 aliphatic carbocycles. The smallest absolute Gasteiger partial charge is 0.312 e. The monoisotopic (exact) mass is 404 g/mol. The van der Waals surface area contributed by atoms with Gasteiger partial charge in [-0.05, 0) is 12.1 Å². The Balaban J connectivity index is 2.30. The first-order chi connectivity index (χ1) is 12.0. The van der Waals surface area contributed by atoms with Crippen LogP contribution >= 0.6 is 11.6 Å². The summed E-state index contributed by atoms with van der Waals surface area (Å²) < 4.78 is 64.7. The molecule has 0 aromatic carbocycles. The Hall–Kier alpha value is -2.20. The minimum atomic E-state index is -4.56. The van der Waals surface area contributed by atoms with Crippen LogP contribution in [0.25, 0.3) is 22.6 Å². The predicted octanol–water partition coefficient (Wildman–Crippen LogP) is 3.50. The minimum Gasteiger partial charge on any atom is -0.312 e. The van der Waals surface area contributed by atoms with Crippen LogP contribution in [0.2, 0.25) is 5.15 Å². The fourth-order valence-electron chi connectivity index (χ4n) is 2.47. The number of pyridine rings is 2. The molecule has 26 heavy (non-hydrogen) atoms. The van der Waals surface area contributed by atoms with Crippen LogP contribution in [0.3, 0.4) is 0 Å². The molecule has 3 aromatic rings. The molecule has 0 radical (unpaired) electrons. The Kier molecular flexibility index (Phi) is 4.43. The van der Waals surface area contributed by atoms with Crippen LogP contribution in [-0.4, -0.2) is 33.7 Å². The molecule has 3 heterocycles. The number of imidazole rings is 1. The fraction of sp³-hybridized carbons (Fsp3) is 0.267. The fourth-order valence-corrected chi connectivity index (χ4v) is 3.63. The van der Waals surface area contributed by atoms with Gasteiger partial charge in [-0.1, -0.05) is 18.5 Å². The van der Waals surface area contributed by atoms with Gasteiger partial charge in [-0.3, -0.25) is 0 Å². The zero-order valence-corrected chi connectivity index (χ0v) is 15.1. The van der Waals surface area contributed by atoms with E-state index >= 15 is 0 Å². The third-order valence-corrected chi connectivity index (χ3v) is 5.79. The first-order valence-corrected chi connectivity index (χ1v) is 9.36. The van der Waals surface area contributed by atoms with Crippen molar-refractivity contribution in [3.8, 4) is 11.4 Å². The molecule has 0 spiro atoms. The highest BCUT2D eigenvalue weighted by Crippen LogP contribution is 2.33. The van der Waals surface area contributed by atoms with Crippen molar-refractivity contribution in [3.63, 3.8) is 0 Å². The van der Waals surface area contributed by atoms with Gasteiger partial charge in [0.2, 0.25) is 0 Å². The van der Waals surface area contributed by atoms with E-state index in [1.807, 2.05) is 0 Å². The molecular formula is C15H12ClF3N4O2S. The van der Waals surface area contributed by atoms with Crippen molar-refractivity contribution in [1.82, 2.24) is 19.5 Å². The highest BCUT2D eigenvalue weighted by atomic mass is 35.5. The maximum Gasteiger partial charge on any atom is 0.417 e. The minimum absolute atomic E-state index is 0.00916. The first kappa shape index (κ1) is 18.6. The van der Waals surface area contributed by atoms with Crippen molar-refractivity contribution in [1.29, 1.82) is 0 Å². The molecule has 6 nitrogen and oxygen atoms in total. The number of alkyl halides is 3. The standard InChI is InChI=1S/C15H12ClF3N4O2S/c1-3-26(24,25)11-7-20-12(16)5-9(11)13-22-10-4-8(15(17,18)19)6-21-14(10)23(13)2/h4-7H,3H2,1-2H3. The lowest BCUT2D eigenvalue weighted by molar-refractivity contribution is -0.137. The summed E-state index contributed by atoms with van der Waals surface area (Å²) in [5.74, 6) is -0.0489. The molecule has 3 aromatic heterocycles. The van der Waals surface area contributed by atoms with Gasteiger partial charge in [0, 0.05) is 25.0 Å². The molecule has 0 aliphatic rings.